The minimum absolute atomic E-state index is 0.0567. The van der Waals surface area contributed by atoms with Crippen LogP contribution in [-0.4, -0.2) is 61.0 Å². The van der Waals surface area contributed by atoms with E-state index < -0.39 is 0 Å². The highest BCUT2D eigenvalue weighted by molar-refractivity contribution is 5.82. The lowest BCUT2D eigenvalue weighted by atomic mass is 9.93. The quantitative estimate of drug-likeness (QED) is 0.833. The minimum Gasteiger partial charge on any atom is -0.341 e. The van der Waals surface area contributed by atoms with E-state index in [2.05, 4.69) is 36.0 Å². The number of amides is 1. The maximum atomic E-state index is 12.4. The fourth-order valence-electron chi connectivity index (χ4n) is 3.41. The third-order valence-electron chi connectivity index (χ3n) is 4.71. The molecule has 2 heterocycles. The highest BCUT2D eigenvalue weighted by atomic mass is 16.2. The van der Waals surface area contributed by atoms with Crippen molar-refractivity contribution in [2.45, 2.75) is 58.0 Å². The van der Waals surface area contributed by atoms with Crippen molar-refractivity contribution in [3.63, 3.8) is 0 Å². The Hall–Kier alpha value is -0.610. The Balaban J connectivity index is 1.75. The van der Waals surface area contributed by atoms with Crippen LogP contribution < -0.4 is 5.32 Å². The number of hydrogen-bond donors (Lipinski definition) is 1. The van der Waals surface area contributed by atoms with Gasteiger partial charge in [-0.15, -0.1) is 0 Å². The van der Waals surface area contributed by atoms with E-state index in [0.717, 1.165) is 31.8 Å². The second-order valence-corrected chi connectivity index (χ2v) is 6.88. The molecule has 2 aliphatic rings. The van der Waals surface area contributed by atoms with Crippen molar-refractivity contribution < 1.29 is 4.79 Å². The van der Waals surface area contributed by atoms with E-state index >= 15 is 0 Å². The number of carbonyl (C=O) groups excluding carboxylic acids is 1. The van der Waals surface area contributed by atoms with E-state index in [1.165, 1.54) is 32.4 Å². The Morgan fingerprint density at radius 3 is 2.55 bits per heavy atom. The summed E-state index contributed by atoms with van der Waals surface area (Å²) in [6.45, 7) is 8.59. The van der Waals surface area contributed by atoms with Gasteiger partial charge in [0.2, 0.25) is 5.91 Å². The number of nitrogens with one attached hydrogen (secondary N) is 1. The molecule has 2 saturated heterocycles. The minimum atomic E-state index is 0.0567. The Labute approximate surface area is 123 Å². The van der Waals surface area contributed by atoms with E-state index in [-0.39, 0.29) is 6.04 Å². The highest BCUT2D eigenvalue weighted by Gasteiger charge is 2.29. The first kappa shape index (κ1) is 15.8. The number of rotatable bonds is 5. The summed E-state index contributed by atoms with van der Waals surface area (Å²) in [6.07, 6.45) is 5.93. The molecule has 4 heteroatoms. The first-order valence-electron chi connectivity index (χ1n) is 8.29. The summed E-state index contributed by atoms with van der Waals surface area (Å²) < 4.78 is 0. The molecule has 0 bridgehead atoms. The first-order valence-corrected chi connectivity index (χ1v) is 8.29. The number of nitrogens with zero attached hydrogens (tertiary/aromatic N) is 2. The van der Waals surface area contributed by atoms with Crippen LogP contribution in [0.1, 0.15) is 46.0 Å². The van der Waals surface area contributed by atoms with Crippen LogP contribution in [0.2, 0.25) is 0 Å². The predicted molar refractivity (Wildman–Crippen MR) is 82.7 cm³/mol. The molecule has 4 nitrogen and oxygen atoms in total. The largest absolute Gasteiger partial charge is 0.341 e. The van der Waals surface area contributed by atoms with Crippen LogP contribution in [0.25, 0.3) is 0 Å². The zero-order valence-electron chi connectivity index (χ0n) is 13.4. The van der Waals surface area contributed by atoms with Crippen LogP contribution in [0.4, 0.5) is 0 Å². The summed E-state index contributed by atoms with van der Waals surface area (Å²) in [4.78, 5) is 16.9. The van der Waals surface area contributed by atoms with Gasteiger partial charge in [0, 0.05) is 19.1 Å². The Kier molecular flexibility index (Phi) is 5.85. The summed E-state index contributed by atoms with van der Waals surface area (Å²) >= 11 is 0. The number of hydrogen-bond acceptors (Lipinski definition) is 3. The molecule has 0 aromatic heterocycles. The molecule has 0 aromatic rings. The van der Waals surface area contributed by atoms with Gasteiger partial charge in [-0.25, -0.2) is 0 Å². The summed E-state index contributed by atoms with van der Waals surface area (Å²) in [5.74, 6) is 1.15. The number of likely N-dealkylation sites (tertiary alicyclic amines) is 2. The van der Waals surface area contributed by atoms with Crippen molar-refractivity contribution in [2.75, 3.05) is 33.2 Å². The molecule has 0 aromatic carbocycles. The fraction of sp³-hybridized carbons (Fsp3) is 0.938. The van der Waals surface area contributed by atoms with E-state index in [0.29, 0.717) is 11.9 Å². The highest BCUT2D eigenvalue weighted by Crippen LogP contribution is 2.21. The van der Waals surface area contributed by atoms with Gasteiger partial charge < -0.3 is 15.1 Å². The molecular weight excluding hydrogens is 250 g/mol. The molecule has 1 amide bonds. The maximum absolute atomic E-state index is 12.4. The van der Waals surface area contributed by atoms with Gasteiger partial charge in [-0.1, -0.05) is 13.8 Å². The molecule has 20 heavy (non-hydrogen) atoms. The van der Waals surface area contributed by atoms with Crippen LogP contribution in [0.5, 0.6) is 0 Å². The lowest BCUT2D eigenvalue weighted by Gasteiger charge is -2.35. The summed E-state index contributed by atoms with van der Waals surface area (Å²) in [6, 6.07) is 0.444. The van der Waals surface area contributed by atoms with E-state index in [1.54, 1.807) is 0 Å². The molecule has 0 aliphatic carbocycles. The molecule has 2 aliphatic heterocycles. The Bertz CT molecular complexity index is 311. The van der Waals surface area contributed by atoms with Crippen molar-refractivity contribution in [3.05, 3.63) is 0 Å². The average Bonchev–Trinajstić information content (AvgIpc) is 2.41. The standard InChI is InChI=1S/C16H31N3O/c1-13(2)17-15-5-4-9-19(16(15)20)12-8-14-6-10-18(3)11-7-14/h13-15,17H,4-12H2,1-3H3. The zero-order chi connectivity index (χ0) is 14.5. The molecule has 116 valence electrons. The normalized spacial score (nSPS) is 26.5. The summed E-state index contributed by atoms with van der Waals surface area (Å²) in [5, 5.41) is 3.41. The molecule has 2 rings (SSSR count). The van der Waals surface area contributed by atoms with Crippen LogP contribution in [0, 0.1) is 5.92 Å². The molecule has 1 N–H and O–H groups in total. The van der Waals surface area contributed by atoms with Crippen LogP contribution >= 0.6 is 0 Å². The van der Waals surface area contributed by atoms with Gasteiger partial charge in [-0.2, -0.15) is 0 Å². The van der Waals surface area contributed by atoms with Gasteiger partial charge in [0.05, 0.1) is 6.04 Å². The van der Waals surface area contributed by atoms with Crippen LogP contribution in [0.15, 0.2) is 0 Å². The summed E-state index contributed by atoms with van der Waals surface area (Å²) in [5.41, 5.74) is 0. The maximum Gasteiger partial charge on any atom is 0.239 e. The van der Waals surface area contributed by atoms with E-state index in [1.807, 2.05) is 0 Å². The monoisotopic (exact) mass is 281 g/mol. The fourth-order valence-corrected chi connectivity index (χ4v) is 3.41. The van der Waals surface area contributed by atoms with Crippen molar-refractivity contribution in [1.29, 1.82) is 0 Å². The third kappa shape index (κ3) is 4.45. The molecule has 1 unspecified atom stereocenters. The molecule has 0 spiro atoms. The second kappa shape index (κ2) is 7.41. The van der Waals surface area contributed by atoms with Gasteiger partial charge in [0.15, 0.2) is 0 Å². The van der Waals surface area contributed by atoms with Gasteiger partial charge in [-0.3, -0.25) is 4.79 Å². The van der Waals surface area contributed by atoms with E-state index in [4.69, 9.17) is 0 Å². The van der Waals surface area contributed by atoms with Crippen molar-refractivity contribution >= 4 is 5.91 Å². The topological polar surface area (TPSA) is 35.6 Å². The van der Waals surface area contributed by atoms with Crippen molar-refractivity contribution in [3.8, 4) is 0 Å². The Morgan fingerprint density at radius 2 is 1.90 bits per heavy atom. The van der Waals surface area contributed by atoms with Crippen molar-refractivity contribution in [1.82, 2.24) is 15.1 Å². The lowest BCUT2D eigenvalue weighted by Crippen LogP contribution is -2.52. The van der Waals surface area contributed by atoms with Gasteiger partial charge in [-0.05, 0) is 58.2 Å². The second-order valence-electron chi connectivity index (χ2n) is 6.88. The van der Waals surface area contributed by atoms with Gasteiger partial charge >= 0.3 is 0 Å². The predicted octanol–water partition coefficient (Wildman–Crippen LogP) is 1.71. The Morgan fingerprint density at radius 1 is 1.20 bits per heavy atom. The third-order valence-corrected chi connectivity index (χ3v) is 4.71. The van der Waals surface area contributed by atoms with Crippen LogP contribution in [0.3, 0.4) is 0 Å². The zero-order valence-corrected chi connectivity index (χ0v) is 13.4. The van der Waals surface area contributed by atoms with Gasteiger partial charge in [0.1, 0.15) is 0 Å². The first-order chi connectivity index (χ1) is 9.56. The smallest absolute Gasteiger partial charge is 0.239 e. The van der Waals surface area contributed by atoms with Gasteiger partial charge in [0.25, 0.3) is 0 Å². The molecule has 0 saturated carbocycles. The summed E-state index contributed by atoms with van der Waals surface area (Å²) in [7, 11) is 2.20. The molecule has 2 fully saturated rings. The van der Waals surface area contributed by atoms with Crippen LogP contribution in [-0.2, 0) is 4.79 Å². The van der Waals surface area contributed by atoms with Crippen molar-refractivity contribution in [2.24, 2.45) is 5.92 Å². The lowest BCUT2D eigenvalue weighted by molar-refractivity contribution is -0.136. The number of carbonyl (C=O) groups is 1. The SMILES string of the molecule is CC(C)NC1CCCN(CCC2CCN(C)CC2)C1=O. The number of piperidine rings is 2. The van der Waals surface area contributed by atoms with E-state index in [9.17, 15) is 4.79 Å². The average molecular weight is 281 g/mol. The molecular formula is C16H31N3O. The molecule has 0 radical (unpaired) electrons. The molecule has 1 atom stereocenters.